The van der Waals surface area contributed by atoms with E-state index in [9.17, 15) is 0 Å². The van der Waals surface area contributed by atoms with Crippen molar-refractivity contribution in [2.75, 3.05) is 7.11 Å². The second-order valence-electron chi connectivity index (χ2n) is 3.76. The van der Waals surface area contributed by atoms with E-state index in [-0.39, 0.29) is 0 Å². The largest absolute Gasteiger partial charge is 0.496 e. The van der Waals surface area contributed by atoms with Crippen LogP contribution in [-0.4, -0.2) is 7.11 Å². The highest BCUT2D eigenvalue weighted by Crippen LogP contribution is 2.22. The van der Waals surface area contributed by atoms with Gasteiger partial charge in [-0.15, -0.1) is 0 Å². The number of hydrogen-bond acceptors (Lipinski definition) is 1. The van der Waals surface area contributed by atoms with Crippen LogP contribution in [0.1, 0.15) is 16.7 Å². The molecule has 2 aromatic carbocycles. The van der Waals surface area contributed by atoms with E-state index in [1.165, 1.54) is 11.1 Å². The lowest BCUT2D eigenvalue weighted by molar-refractivity contribution is 0.410. The number of methoxy groups -OCH3 is 1. The monoisotopic (exact) mass is 211 g/mol. The maximum absolute atomic E-state index is 5.34. The highest BCUT2D eigenvalue weighted by atomic mass is 16.5. The molecule has 0 unspecified atom stereocenters. The summed E-state index contributed by atoms with van der Waals surface area (Å²) in [5.41, 5.74) is 3.52. The van der Waals surface area contributed by atoms with Gasteiger partial charge in [-0.05, 0) is 29.7 Å². The van der Waals surface area contributed by atoms with Gasteiger partial charge in [-0.2, -0.15) is 0 Å². The van der Waals surface area contributed by atoms with Gasteiger partial charge in [0.2, 0.25) is 0 Å². The topological polar surface area (TPSA) is 9.23 Å². The average Bonchev–Trinajstić information content (AvgIpc) is 2.33. The van der Waals surface area contributed by atoms with Gasteiger partial charge in [0.1, 0.15) is 5.75 Å². The van der Waals surface area contributed by atoms with Crippen LogP contribution in [0.15, 0.2) is 48.5 Å². The fraction of sp³-hybridized carbons (Fsp3) is 0.133. The zero-order valence-electron chi connectivity index (χ0n) is 9.44. The molecule has 0 spiro atoms. The van der Waals surface area contributed by atoms with Crippen molar-refractivity contribution in [1.82, 2.24) is 0 Å². The van der Waals surface area contributed by atoms with Gasteiger partial charge in [0.05, 0.1) is 7.11 Å². The fourth-order valence-corrected chi connectivity index (χ4v) is 1.78. The Kier molecular flexibility index (Phi) is 3.25. The Balaban J connectivity index is 2.30. The van der Waals surface area contributed by atoms with Crippen molar-refractivity contribution in [1.29, 1.82) is 0 Å². The van der Waals surface area contributed by atoms with E-state index in [0.29, 0.717) is 0 Å². The summed E-state index contributed by atoms with van der Waals surface area (Å²) in [6.45, 7) is 4.03. The highest BCUT2D eigenvalue weighted by Gasteiger charge is 2.04. The number of rotatable bonds is 3. The minimum absolute atomic E-state index is 0.865. The van der Waals surface area contributed by atoms with Crippen LogP contribution in [0.4, 0.5) is 0 Å². The molecule has 1 heteroatoms. The van der Waals surface area contributed by atoms with Crippen LogP contribution in [-0.2, 0) is 6.42 Å². The Labute approximate surface area is 96.7 Å². The molecule has 0 aliphatic carbocycles. The molecule has 0 saturated carbocycles. The first kappa shape index (κ1) is 10.7. The Morgan fingerprint density at radius 3 is 2.25 bits per heavy atom. The SMILES string of the molecule is [CH2]c1ccccc1Cc1ccccc1OC. The molecule has 0 amide bonds. The van der Waals surface area contributed by atoms with E-state index in [1.54, 1.807) is 7.11 Å². The van der Waals surface area contributed by atoms with Crippen molar-refractivity contribution < 1.29 is 4.74 Å². The van der Waals surface area contributed by atoms with Crippen molar-refractivity contribution in [2.45, 2.75) is 6.42 Å². The van der Waals surface area contributed by atoms with Gasteiger partial charge in [-0.3, -0.25) is 0 Å². The number of hydrogen-bond donors (Lipinski definition) is 0. The summed E-state index contributed by atoms with van der Waals surface area (Å²) < 4.78 is 5.34. The lowest BCUT2D eigenvalue weighted by Crippen LogP contribution is -1.95. The van der Waals surface area contributed by atoms with Crippen molar-refractivity contribution >= 4 is 0 Å². The van der Waals surface area contributed by atoms with E-state index in [0.717, 1.165) is 17.7 Å². The third-order valence-corrected chi connectivity index (χ3v) is 2.69. The minimum Gasteiger partial charge on any atom is -0.496 e. The zero-order valence-corrected chi connectivity index (χ0v) is 9.44. The molecular formula is C15H15O. The van der Waals surface area contributed by atoms with Crippen molar-refractivity contribution in [3.63, 3.8) is 0 Å². The summed E-state index contributed by atoms with van der Waals surface area (Å²) in [5, 5.41) is 0. The summed E-state index contributed by atoms with van der Waals surface area (Å²) >= 11 is 0. The molecule has 2 rings (SSSR count). The average molecular weight is 211 g/mol. The molecule has 81 valence electrons. The predicted octanol–water partition coefficient (Wildman–Crippen LogP) is 3.47. The molecule has 0 N–H and O–H groups in total. The summed E-state index contributed by atoms with van der Waals surface area (Å²) in [5.74, 6) is 0.936. The second kappa shape index (κ2) is 4.84. The molecular weight excluding hydrogens is 196 g/mol. The first-order valence-electron chi connectivity index (χ1n) is 5.33. The standard InChI is InChI=1S/C15H15O/c1-12-7-3-4-8-13(12)11-14-9-5-6-10-15(14)16-2/h3-10H,1,11H2,2H3. The lowest BCUT2D eigenvalue weighted by Gasteiger charge is -2.09. The van der Waals surface area contributed by atoms with Gasteiger partial charge in [-0.1, -0.05) is 42.5 Å². The smallest absolute Gasteiger partial charge is 0.122 e. The number of para-hydroxylation sites is 1. The molecule has 0 aliphatic heterocycles. The highest BCUT2D eigenvalue weighted by molar-refractivity contribution is 5.40. The van der Waals surface area contributed by atoms with Crippen LogP contribution in [0, 0.1) is 6.92 Å². The van der Waals surface area contributed by atoms with Crippen LogP contribution in [0.25, 0.3) is 0 Å². The lowest BCUT2D eigenvalue weighted by atomic mass is 10.0. The summed E-state index contributed by atoms with van der Waals surface area (Å²) in [7, 11) is 1.70. The number of benzene rings is 2. The van der Waals surface area contributed by atoms with E-state index >= 15 is 0 Å². The fourth-order valence-electron chi connectivity index (χ4n) is 1.78. The van der Waals surface area contributed by atoms with Crippen LogP contribution in [0.5, 0.6) is 5.75 Å². The van der Waals surface area contributed by atoms with Crippen LogP contribution in [0.3, 0.4) is 0 Å². The van der Waals surface area contributed by atoms with Crippen LogP contribution < -0.4 is 4.74 Å². The van der Waals surface area contributed by atoms with Gasteiger partial charge < -0.3 is 4.74 Å². The number of ether oxygens (including phenoxy) is 1. The molecule has 2 aromatic rings. The first-order chi connectivity index (χ1) is 7.81. The normalized spacial score (nSPS) is 10.1. The van der Waals surface area contributed by atoms with Crippen LogP contribution in [0.2, 0.25) is 0 Å². The van der Waals surface area contributed by atoms with Gasteiger partial charge in [0.25, 0.3) is 0 Å². The Hall–Kier alpha value is -1.76. The van der Waals surface area contributed by atoms with E-state index in [2.05, 4.69) is 19.1 Å². The molecule has 1 nitrogen and oxygen atoms in total. The summed E-state index contributed by atoms with van der Waals surface area (Å²) in [6.07, 6.45) is 0.865. The minimum atomic E-state index is 0.865. The Bertz CT molecular complexity index is 474. The molecule has 0 heterocycles. The van der Waals surface area contributed by atoms with Gasteiger partial charge in [0, 0.05) is 6.42 Å². The van der Waals surface area contributed by atoms with Gasteiger partial charge >= 0.3 is 0 Å². The maximum atomic E-state index is 5.34. The molecule has 0 atom stereocenters. The van der Waals surface area contributed by atoms with Gasteiger partial charge in [0.15, 0.2) is 0 Å². The third kappa shape index (κ3) is 2.25. The van der Waals surface area contributed by atoms with E-state index < -0.39 is 0 Å². The zero-order chi connectivity index (χ0) is 11.4. The Morgan fingerprint density at radius 2 is 1.56 bits per heavy atom. The molecule has 16 heavy (non-hydrogen) atoms. The van der Waals surface area contributed by atoms with E-state index in [1.807, 2.05) is 36.4 Å². The second-order valence-corrected chi connectivity index (χ2v) is 3.76. The van der Waals surface area contributed by atoms with Crippen molar-refractivity contribution in [3.8, 4) is 5.75 Å². The summed E-state index contributed by atoms with van der Waals surface area (Å²) in [6, 6.07) is 16.3. The molecule has 0 bridgehead atoms. The molecule has 0 fully saturated rings. The molecule has 0 aromatic heterocycles. The maximum Gasteiger partial charge on any atom is 0.122 e. The quantitative estimate of drug-likeness (QED) is 0.755. The first-order valence-corrected chi connectivity index (χ1v) is 5.33. The van der Waals surface area contributed by atoms with Crippen molar-refractivity contribution in [2.24, 2.45) is 0 Å². The Morgan fingerprint density at radius 1 is 0.938 bits per heavy atom. The third-order valence-electron chi connectivity index (χ3n) is 2.69. The molecule has 0 aliphatic rings. The van der Waals surface area contributed by atoms with Crippen LogP contribution >= 0.6 is 0 Å². The molecule has 1 radical (unpaired) electrons. The van der Waals surface area contributed by atoms with Crippen molar-refractivity contribution in [3.05, 3.63) is 72.1 Å². The van der Waals surface area contributed by atoms with E-state index in [4.69, 9.17) is 4.74 Å². The predicted molar refractivity (Wildman–Crippen MR) is 66.7 cm³/mol. The summed E-state index contributed by atoms with van der Waals surface area (Å²) in [4.78, 5) is 0. The van der Waals surface area contributed by atoms with Gasteiger partial charge in [-0.25, -0.2) is 0 Å². The molecule has 0 saturated heterocycles.